The van der Waals surface area contributed by atoms with Crippen LogP contribution in [0.2, 0.25) is 0 Å². The molecule has 3 aliphatic carbocycles. The molecule has 0 radical (unpaired) electrons. The summed E-state index contributed by atoms with van der Waals surface area (Å²) in [6, 6.07) is 7.74. The summed E-state index contributed by atoms with van der Waals surface area (Å²) < 4.78 is 0. The number of anilines is 1. The third kappa shape index (κ3) is 2.95. The van der Waals surface area contributed by atoms with Crippen LogP contribution in [0.1, 0.15) is 49.9 Å². The number of piperazine rings is 1. The zero-order chi connectivity index (χ0) is 20.2. The van der Waals surface area contributed by atoms with Crippen molar-refractivity contribution in [3.05, 3.63) is 29.8 Å². The van der Waals surface area contributed by atoms with Gasteiger partial charge in [0.1, 0.15) is 5.66 Å². The minimum Gasteiger partial charge on any atom is -0.362 e. The van der Waals surface area contributed by atoms with E-state index in [1.54, 1.807) is 0 Å². The van der Waals surface area contributed by atoms with Crippen molar-refractivity contribution in [1.82, 2.24) is 15.1 Å². The first kappa shape index (κ1) is 18.9. The van der Waals surface area contributed by atoms with Gasteiger partial charge in [0.05, 0.1) is 5.56 Å². The first-order valence-electron chi connectivity index (χ1n) is 11.1. The second kappa shape index (κ2) is 6.73. The summed E-state index contributed by atoms with van der Waals surface area (Å²) in [6.45, 7) is 9.15. The molecular weight excluding hydrogens is 364 g/mol. The highest BCUT2D eigenvalue weighted by Crippen LogP contribution is 2.58. The summed E-state index contributed by atoms with van der Waals surface area (Å²) in [5, 5.41) is 7.00. The van der Waals surface area contributed by atoms with E-state index in [9.17, 15) is 9.59 Å². The number of carbonyl (C=O) groups excluding carboxylic acids is 2. The number of nitrogens with one attached hydrogen (secondary N) is 2. The van der Waals surface area contributed by atoms with E-state index in [-0.39, 0.29) is 23.2 Å². The predicted octanol–water partition coefficient (Wildman–Crippen LogP) is 2.53. The molecule has 4 atom stereocenters. The van der Waals surface area contributed by atoms with Gasteiger partial charge >= 0.3 is 0 Å². The van der Waals surface area contributed by atoms with Crippen molar-refractivity contribution in [3.8, 4) is 0 Å². The molecule has 1 saturated heterocycles. The molecule has 2 N–H and O–H groups in total. The fraction of sp³-hybridized carbons (Fsp3) is 0.652. The number of rotatable bonds is 2. The molecule has 0 unspecified atom stereocenters. The van der Waals surface area contributed by atoms with Crippen LogP contribution in [0.4, 0.5) is 5.69 Å². The van der Waals surface area contributed by atoms with E-state index in [1.807, 2.05) is 24.3 Å². The molecule has 29 heavy (non-hydrogen) atoms. The second-order valence-corrected chi connectivity index (χ2v) is 9.71. The smallest absolute Gasteiger partial charge is 0.255 e. The van der Waals surface area contributed by atoms with Gasteiger partial charge in [0, 0.05) is 43.7 Å². The lowest BCUT2D eigenvalue weighted by Crippen LogP contribution is -2.70. The molecule has 156 valence electrons. The molecule has 6 nitrogen and oxygen atoms in total. The average Bonchev–Trinajstić information content (AvgIpc) is 2.73. The third-order valence-corrected chi connectivity index (χ3v) is 8.10. The summed E-state index contributed by atoms with van der Waals surface area (Å²) in [4.78, 5) is 30.8. The SMILES string of the molecule is CCN1CCN(C(=O)[C@@H]2C[C@H]3CC[C@]2(C)C[C@]32NC(=O)c3ccccc3N2)CC1. The number of carbonyl (C=O) groups is 2. The summed E-state index contributed by atoms with van der Waals surface area (Å²) in [6.07, 6.45) is 3.79. The Morgan fingerprint density at radius 3 is 2.66 bits per heavy atom. The third-order valence-electron chi connectivity index (χ3n) is 8.10. The molecule has 2 heterocycles. The van der Waals surface area contributed by atoms with Crippen molar-refractivity contribution >= 4 is 17.5 Å². The van der Waals surface area contributed by atoms with Crippen LogP contribution in [-0.4, -0.2) is 60.0 Å². The highest BCUT2D eigenvalue weighted by atomic mass is 16.2. The summed E-state index contributed by atoms with van der Waals surface area (Å²) >= 11 is 0. The number of benzene rings is 1. The van der Waals surface area contributed by atoms with E-state index in [0.717, 1.165) is 64.1 Å². The molecule has 6 heteroatoms. The zero-order valence-electron chi connectivity index (χ0n) is 17.5. The average molecular weight is 397 g/mol. The lowest BCUT2D eigenvalue weighted by molar-refractivity contribution is -0.152. The van der Waals surface area contributed by atoms with Gasteiger partial charge < -0.3 is 20.4 Å². The van der Waals surface area contributed by atoms with Gasteiger partial charge in [-0.1, -0.05) is 26.0 Å². The number of likely N-dealkylation sites (N-methyl/N-ethyl adjacent to an activating group) is 1. The monoisotopic (exact) mass is 396 g/mol. The molecular formula is C23H32N4O2. The van der Waals surface area contributed by atoms with Crippen LogP contribution >= 0.6 is 0 Å². The molecule has 5 aliphatic rings. The Balaban J connectivity index is 1.37. The van der Waals surface area contributed by atoms with Crippen LogP contribution in [0, 0.1) is 17.3 Å². The van der Waals surface area contributed by atoms with Gasteiger partial charge in [-0.05, 0) is 49.8 Å². The minimum atomic E-state index is -0.421. The number of amides is 2. The van der Waals surface area contributed by atoms with Crippen molar-refractivity contribution < 1.29 is 9.59 Å². The van der Waals surface area contributed by atoms with Crippen LogP contribution < -0.4 is 10.6 Å². The quantitative estimate of drug-likeness (QED) is 0.806. The Morgan fingerprint density at radius 1 is 1.17 bits per heavy atom. The maximum atomic E-state index is 13.5. The van der Waals surface area contributed by atoms with E-state index >= 15 is 0 Å². The maximum Gasteiger partial charge on any atom is 0.255 e. The number of para-hydroxylation sites is 1. The van der Waals surface area contributed by atoms with Gasteiger partial charge in [-0.2, -0.15) is 0 Å². The van der Waals surface area contributed by atoms with E-state index < -0.39 is 5.66 Å². The normalized spacial score (nSPS) is 36.5. The second-order valence-electron chi connectivity index (χ2n) is 9.71. The van der Waals surface area contributed by atoms with Gasteiger partial charge in [0.2, 0.25) is 5.91 Å². The number of nitrogens with zero attached hydrogens (tertiary/aromatic N) is 2. The minimum absolute atomic E-state index is 0.00839. The largest absolute Gasteiger partial charge is 0.362 e. The number of hydrogen-bond donors (Lipinski definition) is 2. The molecule has 3 saturated carbocycles. The topological polar surface area (TPSA) is 64.7 Å². The lowest BCUT2D eigenvalue weighted by Gasteiger charge is -2.61. The van der Waals surface area contributed by atoms with E-state index in [4.69, 9.17) is 0 Å². The predicted molar refractivity (Wildman–Crippen MR) is 113 cm³/mol. The van der Waals surface area contributed by atoms with Crippen molar-refractivity contribution in [2.24, 2.45) is 17.3 Å². The van der Waals surface area contributed by atoms with Crippen molar-refractivity contribution in [1.29, 1.82) is 0 Å². The van der Waals surface area contributed by atoms with Crippen LogP contribution in [-0.2, 0) is 4.79 Å². The number of hydrogen-bond acceptors (Lipinski definition) is 4. The summed E-state index contributed by atoms with van der Waals surface area (Å²) in [5.41, 5.74) is 1.13. The van der Waals surface area contributed by atoms with Gasteiger partial charge in [-0.25, -0.2) is 0 Å². The van der Waals surface area contributed by atoms with E-state index in [0.29, 0.717) is 11.5 Å². The highest BCUT2D eigenvalue weighted by Gasteiger charge is 2.60. The molecule has 1 spiro atoms. The van der Waals surface area contributed by atoms with Gasteiger partial charge in [-0.3, -0.25) is 9.59 Å². The van der Waals surface area contributed by atoms with Crippen molar-refractivity contribution in [3.63, 3.8) is 0 Å². The highest BCUT2D eigenvalue weighted by molar-refractivity contribution is 6.02. The van der Waals surface area contributed by atoms with E-state index in [1.165, 1.54) is 0 Å². The molecule has 2 aliphatic heterocycles. The van der Waals surface area contributed by atoms with Gasteiger partial charge in [0.25, 0.3) is 5.91 Å². The Bertz CT molecular complexity index is 834. The van der Waals surface area contributed by atoms with Gasteiger partial charge in [0.15, 0.2) is 0 Å². The molecule has 1 aromatic carbocycles. The Hall–Kier alpha value is -2.08. The lowest BCUT2D eigenvalue weighted by atomic mass is 9.51. The van der Waals surface area contributed by atoms with Crippen molar-refractivity contribution in [2.75, 3.05) is 38.0 Å². The van der Waals surface area contributed by atoms with Crippen molar-refractivity contribution in [2.45, 2.75) is 45.2 Å². The van der Waals surface area contributed by atoms with E-state index in [2.05, 4.69) is 34.3 Å². The first-order valence-corrected chi connectivity index (χ1v) is 11.1. The van der Waals surface area contributed by atoms with Crippen LogP contribution in [0.5, 0.6) is 0 Å². The fourth-order valence-electron chi connectivity index (χ4n) is 6.33. The Morgan fingerprint density at radius 2 is 1.93 bits per heavy atom. The zero-order valence-corrected chi connectivity index (χ0v) is 17.5. The molecule has 2 bridgehead atoms. The Labute approximate surface area is 173 Å². The fourth-order valence-corrected chi connectivity index (χ4v) is 6.33. The molecule has 6 rings (SSSR count). The molecule has 1 aromatic rings. The maximum absolute atomic E-state index is 13.5. The summed E-state index contributed by atoms with van der Waals surface area (Å²) in [5.74, 6) is 0.697. The summed E-state index contributed by atoms with van der Waals surface area (Å²) in [7, 11) is 0. The standard InChI is InChI=1S/C23H32N4O2/c1-3-26-10-12-27(13-11-26)21(29)18-14-16-8-9-22(18,2)15-23(16)24-19-7-5-4-6-17(19)20(28)25-23/h4-7,16,18,24H,3,8-15H2,1-2H3,(H,25,28)/t16-,18+,22-,23+/m1/s1. The molecule has 2 amide bonds. The Kier molecular flexibility index (Phi) is 4.39. The molecule has 0 aromatic heterocycles. The van der Waals surface area contributed by atoms with Gasteiger partial charge in [-0.15, -0.1) is 0 Å². The number of fused-ring (bicyclic) bond motifs is 3. The van der Waals surface area contributed by atoms with Crippen LogP contribution in [0.15, 0.2) is 24.3 Å². The van der Waals surface area contributed by atoms with Crippen LogP contribution in [0.3, 0.4) is 0 Å². The first-order chi connectivity index (χ1) is 13.9. The van der Waals surface area contributed by atoms with Crippen LogP contribution in [0.25, 0.3) is 0 Å². The molecule has 4 fully saturated rings.